The summed E-state index contributed by atoms with van der Waals surface area (Å²) in [6.45, 7) is 3.81. The minimum absolute atomic E-state index is 0.108. The first kappa shape index (κ1) is 15.9. The van der Waals surface area contributed by atoms with E-state index >= 15 is 0 Å². The summed E-state index contributed by atoms with van der Waals surface area (Å²) >= 11 is 1.68. The fourth-order valence-corrected chi connectivity index (χ4v) is 2.30. The summed E-state index contributed by atoms with van der Waals surface area (Å²) in [6, 6.07) is 9.17. The van der Waals surface area contributed by atoms with E-state index in [4.69, 9.17) is 0 Å². The lowest BCUT2D eigenvalue weighted by atomic mass is 9.96. The van der Waals surface area contributed by atoms with Gasteiger partial charge in [-0.3, -0.25) is 0 Å². The molecule has 0 aliphatic carbocycles. The molecule has 2 unspecified atom stereocenters. The Labute approximate surface area is 119 Å². The minimum Gasteiger partial charge on any atom is -0.384 e. The Morgan fingerprint density at radius 1 is 1.42 bits per heavy atom. The molecule has 0 aliphatic rings. The zero-order valence-electron chi connectivity index (χ0n) is 11.6. The Hall–Kier alpha value is -1.20. The predicted octanol–water partition coefficient (Wildman–Crippen LogP) is 1.94. The van der Waals surface area contributed by atoms with Gasteiger partial charge in [-0.25, -0.2) is 4.79 Å². The molecular formula is C14H22N2O2S. The Balaban J connectivity index is 2.45. The molecule has 0 radical (unpaired) electrons. The summed E-state index contributed by atoms with van der Waals surface area (Å²) in [5.74, 6) is 0.864. The van der Waals surface area contributed by atoms with Crippen molar-refractivity contribution in [3.63, 3.8) is 0 Å². The summed E-state index contributed by atoms with van der Waals surface area (Å²) in [5.41, 5.74) is -0.283. The number of hydrogen-bond acceptors (Lipinski definition) is 3. The second-order valence-corrected chi connectivity index (χ2v) is 5.73. The molecular weight excluding hydrogens is 260 g/mol. The number of hydrogen-bond donors (Lipinski definition) is 3. The van der Waals surface area contributed by atoms with Crippen molar-refractivity contribution in [2.75, 3.05) is 18.6 Å². The molecule has 0 saturated heterocycles. The van der Waals surface area contributed by atoms with E-state index in [2.05, 4.69) is 10.6 Å². The highest BCUT2D eigenvalue weighted by Gasteiger charge is 2.23. The van der Waals surface area contributed by atoms with E-state index in [1.807, 2.05) is 43.5 Å². The first-order valence-corrected chi connectivity index (χ1v) is 7.66. The average molecular weight is 282 g/mol. The van der Waals surface area contributed by atoms with Crippen LogP contribution in [0, 0.1) is 0 Å². The molecule has 0 aliphatic heterocycles. The van der Waals surface area contributed by atoms with Crippen molar-refractivity contribution in [2.24, 2.45) is 0 Å². The molecule has 2 atom stereocenters. The molecule has 0 bridgehead atoms. The number of nitrogens with one attached hydrogen (secondary N) is 2. The average Bonchev–Trinajstić information content (AvgIpc) is 2.38. The van der Waals surface area contributed by atoms with Gasteiger partial charge in [0.05, 0.1) is 6.54 Å². The van der Waals surface area contributed by atoms with Gasteiger partial charge in [0.2, 0.25) is 0 Å². The van der Waals surface area contributed by atoms with Crippen LogP contribution in [0.3, 0.4) is 0 Å². The van der Waals surface area contributed by atoms with Gasteiger partial charge in [-0.05, 0) is 25.7 Å². The van der Waals surface area contributed by atoms with Gasteiger partial charge in [0.25, 0.3) is 0 Å². The van der Waals surface area contributed by atoms with Crippen LogP contribution in [0.15, 0.2) is 30.3 Å². The van der Waals surface area contributed by atoms with Crippen LogP contribution in [0.1, 0.15) is 19.4 Å². The van der Waals surface area contributed by atoms with E-state index in [0.29, 0.717) is 0 Å². The molecule has 1 rings (SSSR count). The molecule has 4 nitrogen and oxygen atoms in total. The van der Waals surface area contributed by atoms with Crippen LogP contribution in [-0.4, -0.2) is 35.7 Å². The third kappa shape index (κ3) is 5.53. The molecule has 0 heterocycles. The number of rotatable bonds is 6. The molecule has 3 N–H and O–H groups in total. The maximum atomic E-state index is 11.7. The lowest BCUT2D eigenvalue weighted by Gasteiger charge is -2.24. The monoisotopic (exact) mass is 282 g/mol. The van der Waals surface area contributed by atoms with Crippen LogP contribution in [-0.2, 0) is 5.60 Å². The number of carbonyl (C=O) groups is 1. The molecule has 0 spiro atoms. The number of benzene rings is 1. The topological polar surface area (TPSA) is 61.4 Å². The lowest BCUT2D eigenvalue weighted by molar-refractivity contribution is 0.0593. The third-order valence-electron chi connectivity index (χ3n) is 2.78. The zero-order valence-corrected chi connectivity index (χ0v) is 12.5. The van der Waals surface area contributed by atoms with Crippen LogP contribution < -0.4 is 10.6 Å². The number of aliphatic hydroxyl groups is 1. The molecule has 0 saturated carbocycles. The maximum Gasteiger partial charge on any atom is 0.315 e. The van der Waals surface area contributed by atoms with Gasteiger partial charge in [0.15, 0.2) is 0 Å². The van der Waals surface area contributed by atoms with E-state index in [9.17, 15) is 9.90 Å². The number of urea groups is 1. The van der Waals surface area contributed by atoms with Crippen molar-refractivity contribution in [3.8, 4) is 0 Å². The first-order chi connectivity index (χ1) is 8.95. The lowest BCUT2D eigenvalue weighted by Crippen LogP contribution is -2.46. The largest absolute Gasteiger partial charge is 0.384 e. The molecule has 2 amide bonds. The molecule has 106 valence electrons. The fourth-order valence-electron chi connectivity index (χ4n) is 1.72. The van der Waals surface area contributed by atoms with Crippen LogP contribution in [0.5, 0.6) is 0 Å². The SMILES string of the molecule is CSCC(C)NC(=O)NCC(C)(O)c1ccccc1. The third-order valence-corrected chi connectivity index (χ3v) is 3.62. The van der Waals surface area contributed by atoms with Gasteiger partial charge in [-0.2, -0.15) is 11.8 Å². The summed E-state index contributed by atoms with van der Waals surface area (Å²) in [4.78, 5) is 11.7. The van der Waals surface area contributed by atoms with Crippen molar-refractivity contribution in [3.05, 3.63) is 35.9 Å². The van der Waals surface area contributed by atoms with Crippen molar-refractivity contribution in [1.29, 1.82) is 0 Å². The van der Waals surface area contributed by atoms with Crippen LogP contribution in [0.4, 0.5) is 4.79 Å². The highest BCUT2D eigenvalue weighted by atomic mass is 32.2. The van der Waals surface area contributed by atoms with Crippen molar-refractivity contribution >= 4 is 17.8 Å². The second kappa shape index (κ2) is 7.40. The Bertz CT molecular complexity index is 396. The number of thioether (sulfide) groups is 1. The first-order valence-electron chi connectivity index (χ1n) is 6.27. The summed E-state index contributed by atoms with van der Waals surface area (Å²) < 4.78 is 0. The molecule has 0 aromatic heterocycles. The van der Waals surface area contributed by atoms with Crippen LogP contribution in [0.25, 0.3) is 0 Å². The second-order valence-electron chi connectivity index (χ2n) is 4.82. The molecule has 0 fully saturated rings. The normalized spacial score (nSPS) is 15.4. The standard InChI is InChI=1S/C14H22N2O2S/c1-11(9-19-3)16-13(17)15-10-14(2,18)12-7-5-4-6-8-12/h4-8,11,18H,9-10H2,1-3H3,(H2,15,16,17). The summed E-state index contributed by atoms with van der Waals surface area (Å²) in [6.07, 6.45) is 2.00. The Kier molecular flexibility index (Phi) is 6.18. The van der Waals surface area contributed by atoms with E-state index in [1.165, 1.54) is 0 Å². The van der Waals surface area contributed by atoms with Gasteiger partial charge in [0.1, 0.15) is 5.60 Å². The fraction of sp³-hybridized carbons (Fsp3) is 0.500. The van der Waals surface area contributed by atoms with Crippen LogP contribution in [0.2, 0.25) is 0 Å². The van der Waals surface area contributed by atoms with Gasteiger partial charge >= 0.3 is 6.03 Å². The highest BCUT2D eigenvalue weighted by Crippen LogP contribution is 2.18. The molecule has 5 heteroatoms. The van der Waals surface area contributed by atoms with Gasteiger partial charge in [0, 0.05) is 11.8 Å². The minimum atomic E-state index is -1.07. The predicted molar refractivity (Wildman–Crippen MR) is 80.4 cm³/mol. The summed E-state index contributed by atoms with van der Waals surface area (Å²) in [7, 11) is 0. The molecule has 1 aromatic rings. The summed E-state index contributed by atoms with van der Waals surface area (Å²) in [5, 5.41) is 15.8. The number of carbonyl (C=O) groups excluding carboxylic acids is 1. The van der Waals surface area contributed by atoms with Crippen molar-refractivity contribution < 1.29 is 9.90 Å². The molecule has 19 heavy (non-hydrogen) atoms. The van der Waals surface area contributed by atoms with Gasteiger partial charge < -0.3 is 15.7 Å². The Morgan fingerprint density at radius 3 is 2.63 bits per heavy atom. The number of amides is 2. The molecule has 1 aromatic carbocycles. The maximum absolute atomic E-state index is 11.7. The quantitative estimate of drug-likeness (QED) is 0.747. The highest BCUT2D eigenvalue weighted by molar-refractivity contribution is 7.98. The van der Waals surface area contributed by atoms with E-state index in [1.54, 1.807) is 18.7 Å². The van der Waals surface area contributed by atoms with E-state index in [-0.39, 0.29) is 18.6 Å². The van der Waals surface area contributed by atoms with Crippen molar-refractivity contribution in [2.45, 2.75) is 25.5 Å². The van der Waals surface area contributed by atoms with Gasteiger partial charge in [-0.15, -0.1) is 0 Å². The van der Waals surface area contributed by atoms with Crippen LogP contribution >= 0.6 is 11.8 Å². The van der Waals surface area contributed by atoms with Crippen molar-refractivity contribution in [1.82, 2.24) is 10.6 Å². The smallest absolute Gasteiger partial charge is 0.315 e. The van der Waals surface area contributed by atoms with E-state index in [0.717, 1.165) is 11.3 Å². The Morgan fingerprint density at radius 2 is 2.05 bits per heavy atom. The zero-order chi connectivity index (χ0) is 14.3. The van der Waals surface area contributed by atoms with E-state index < -0.39 is 5.60 Å². The van der Waals surface area contributed by atoms with Gasteiger partial charge in [-0.1, -0.05) is 30.3 Å².